The maximum absolute atomic E-state index is 11.1. The molecule has 2 rings (SSSR count). The molecule has 0 saturated carbocycles. The van der Waals surface area contributed by atoms with Gasteiger partial charge in [-0.3, -0.25) is 0 Å². The SMILES string of the molecule is C=CC(=O)Oc1ccc(-c2cc(O)ccc2C)cc1. The Morgan fingerprint density at radius 1 is 1.21 bits per heavy atom. The second-order valence-corrected chi connectivity index (χ2v) is 4.15. The summed E-state index contributed by atoms with van der Waals surface area (Å²) in [5.74, 6) is 0.204. The molecule has 0 unspecified atom stereocenters. The van der Waals surface area contributed by atoms with E-state index in [0.717, 1.165) is 22.8 Å². The number of ether oxygens (including phenoxy) is 1. The molecule has 3 nitrogen and oxygen atoms in total. The first-order valence-corrected chi connectivity index (χ1v) is 5.84. The Hall–Kier alpha value is -2.55. The number of aromatic hydroxyl groups is 1. The molecule has 0 aliphatic carbocycles. The van der Waals surface area contributed by atoms with Crippen molar-refractivity contribution in [3.8, 4) is 22.6 Å². The molecule has 0 radical (unpaired) electrons. The summed E-state index contributed by atoms with van der Waals surface area (Å²) in [6, 6.07) is 12.3. The normalized spacial score (nSPS) is 9.95. The van der Waals surface area contributed by atoms with E-state index in [1.807, 2.05) is 25.1 Å². The Labute approximate surface area is 111 Å². The molecule has 0 aliphatic rings. The summed E-state index contributed by atoms with van der Waals surface area (Å²) in [7, 11) is 0. The minimum Gasteiger partial charge on any atom is -0.508 e. The van der Waals surface area contributed by atoms with Gasteiger partial charge in [0.1, 0.15) is 11.5 Å². The lowest BCUT2D eigenvalue weighted by atomic mass is 10.0. The van der Waals surface area contributed by atoms with Crippen LogP contribution in [0.3, 0.4) is 0 Å². The number of phenols is 1. The van der Waals surface area contributed by atoms with Gasteiger partial charge in [0.15, 0.2) is 0 Å². The van der Waals surface area contributed by atoms with Gasteiger partial charge in [0.2, 0.25) is 0 Å². The summed E-state index contributed by atoms with van der Waals surface area (Å²) in [5, 5.41) is 9.52. The molecule has 2 aromatic carbocycles. The first kappa shape index (κ1) is 12.9. The van der Waals surface area contributed by atoms with Crippen LogP contribution in [0.5, 0.6) is 11.5 Å². The van der Waals surface area contributed by atoms with Gasteiger partial charge in [-0.05, 0) is 47.9 Å². The van der Waals surface area contributed by atoms with Crippen molar-refractivity contribution < 1.29 is 14.6 Å². The summed E-state index contributed by atoms with van der Waals surface area (Å²) in [6.45, 7) is 5.31. The lowest BCUT2D eigenvalue weighted by Crippen LogP contribution is -2.02. The Kier molecular flexibility index (Phi) is 3.66. The molecule has 19 heavy (non-hydrogen) atoms. The van der Waals surface area contributed by atoms with Crippen LogP contribution in [-0.2, 0) is 4.79 Å². The lowest BCUT2D eigenvalue weighted by molar-refractivity contribution is -0.128. The Bertz CT molecular complexity index is 612. The van der Waals surface area contributed by atoms with Crippen LogP contribution < -0.4 is 4.74 Å². The summed E-state index contributed by atoms with van der Waals surface area (Å²) in [4.78, 5) is 11.1. The highest BCUT2D eigenvalue weighted by Crippen LogP contribution is 2.28. The first-order chi connectivity index (χ1) is 9.10. The van der Waals surface area contributed by atoms with E-state index in [1.54, 1.807) is 24.3 Å². The number of hydrogen-bond acceptors (Lipinski definition) is 3. The molecule has 0 fully saturated rings. The van der Waals surface area contributed by atoms with E-state index in [9.17, 15) is 9.90 Å². The molecule has 0 saturated heterocycles. The first-order valence-electron chi connectivity index (χ1n) is 5.84. The van der Waals surface area contributed by atoms with Crippen molar-refractivity contribution in [2.75, 3.05) is 0 Å². The van der Waals surface area contributed by atoms with Crippen molar-refractivity contribution in [2.24, 2.45) is 0 Å². The zero-order chi connectivity index (χ0) is 13.8. The van der Waals surface area contributed by atoms with Gasteiger partial charge in [-0.25, -0.2) is 4.79 Å². The van der Waals surface area contributed by atoms with Crippen LogP contribution in [0.4, 0.5) is 0 Å². The number of aryl methyl sites for hydroxylation is 1. The van der Waals surface area contributed by atoms with Gasteiger partial charge in [-0.15, -0.1) is 0 Å². The molecular formula is C16H14O3. The van der Waals surface area contributed by atoms with Crippen LogP contribution in [0, 0.1) is 6.92 Å². The van der Waals surface area contributed by atoms with Crippen LogP contribution in [0.2, 0.25) is 0 Å². The van der Waals surface area contributed by atoms with Crippen LogP contribution in [0.15, 0.2) is 55.1 Å². The molecule has 0 bridgehead atoms. The van der Waals surface area contributed by atoms with Crippen molar-refractivity contribution in [1.82, 2.24) is 0 Å². The third-order valence-electron chi connectivity index (χ3n) is 2.77. The van der Waals surface area contributed by atoms with E-state index in [0.29, 0.717) is 5.75 Å². The molecule has 0 aliphatic heterocycles. The number of hydrogen-bond donors (Lipinski definition) is 1. The quantitative estimate of drug-likeness (QED) is 0.518. The van der Waals surface area contributed by atoms with Crippen LogP contribution in [0.25, 0.3) is 11.1 Å². The van der Waals surface area contributed by atoms with E-state index in [2.05, 4.69) is 6.58 Å². The molecular weight excluding hydrogens is 240 g/mol. The van der Waals surface area contributed by atoms with Crippen LogP contribution in [-0.4, -0.2) is 11.1 Å². The third-order valence-corrected chi connectivity index (χ3v) is 2.77. The van der Waals surface area contributed by atoms with Gasteiger partial charge < -0.3 is 9.84 Å². The molecule has 2 aromatic rings. The molecule has 0 aromatic heterocycles. The third kappa shape index (κ3) is 3.01. The van der Waals surface area contributed by atoms with Crippen molar-refractivity contribution in [3.05, 3.63) is 60.7 Å². The molecule has 0 spiro atoms. The standard InChI is InChI=1S/C16H14O3/c1-3-16(18)19-14-8-5-12(6-9-14)15-10-13(17)7-4-11(15)2/h3-10,17H,1H2,2H3. The summed E-state index contributed by atoms with van der Waals surface area (Å²) >= 11 is 0. The Morgan fingerprint density at radius 2 is 1.89 bits per heavy atom. The Balaban J connectivity index is 2.29. The van der Waals surface area contributed by atoms with Crippen molar-refractivity contribution in [3.63, 3.8) is 0 Å². The molecule has 0 amide bonds. The molecule has 96 valence electrons. The average molecular weight is 254 g/mol. The zero-order valence-electron chi connectivity index (χ0n) is 10.6. The topological polar surface area (TPSA) is 46.5 Å². The fourth-order valence-electron chi connectivity index (χ4n) is 1.78. The van der Waals surface area contributed by atoms with Gasteiger partial charge in [-0.1, -0.05) is 24.8 Å². The van der Waals surface area contributed by atoms with Gasteiger partial charge in [-0.2, -0.15) is 0 Å². The molecule has 0 heterocycles. The molecule has 3 heteroatoms. The van der Waals surface area contributed by atoms with E-state index in [4.69, 9.17) is 4.74 Å². The summed E-state index contributed by atoms with van der Waals surface area (Å²) in [5.41, 5.74) is 2.96. The van der Waals surface area contributed by atoms with Crippen LogP contribution in [0.1, 0.15) is 5.56 Å². The lowest BCUT2D eigenvalue weighted by Gasteiger charge is -2.08. The number of carbonyl (C=O) groups excluding carboxylic acids is 1. The second kappa shape index (κ2) is 5.40. The van der Waals surface area contributed by atoms with Crippen LogP contribution >= 0.6 is 0 Å². The summed E-state index contributed by atoms with van der Waals surface area (Å²) < 4.78 is 5.00. The predicted octanol–water partition coefficient (Wildman–Crippen LogP) is 3.46. The van der Waals surface area contributed by atoms with Crippen molar-refractivity contribution in [1.29, 1.82) is 0 Å². The summed E-state index contributed by atoms with van der Waals surface area (Å²) in [6.07, 6.45) is 1.12. The number of benzene rings is 2. The highest BCUT2D eigenvalue weighted by Gasteiger charge is 2.05. The Morgan fingerprint density at radius 3 is 2.53 bits per heavy atom. The van der Waals surface area contributed by atoms with Gasteiger partial charge >= 0.3 is 5.97 Å². The number of phenolic OH excluding ortho intramolecular Hbond substituents is 1. The smallest absolute Gasteiger partial charge is 0.335 e. The number of esters is 1. The second-order valence-electron chi connectivity index (χ2n) is 4.15. The monoisotopic (exact) mass is 254 g/mol. The predicted molar refractivity (Wildman–Crippen MR) is 74.1 cm³/mol. The fraction of sp³-hybridized carbons (Fsp3) is 0.0625. The minimum absolute atomic E-state index is 0.225. The van der Waals surface area contributed by atoms with E-state index in [1.165, 1.54) is 0 Å². The van der Waals surface area contributed by atoms with Gasteiger partial charge in [0.05, 0.1) is 0 Å². The maximum Gasteiger partial charge on any atom is 0.335 e. The largest absolute Gasteiger partial charge is 0.508 e. The zero-order valence-corrected chi connectivity index (χ0v) is 10.6. The molecule has 0 atom stereocenters. The van der Waals surface area contributed by atoms with E-state index < -0.39 is 5.97 Å². The van der Waals surface area contributed by atoms with E-state index in [-0.39, 0.29) is 5.75 Å². The highest BCUT2D eigenvalue weighted by atomic mass is 16.5. The average Bonchev–Trinajstić information content (AvgIpc) is 2.42. The number of carbonyl (C=O) groups is 1. The number of rotatable bonds is 3. The van der Waals surface area contributed by atoms with Gasteiger partial charge in [0, 0.05) is 6.08 Å². The van der Waals surface area contributed by atoms with E-state index >= 15 is 0 Å². The highest BCUT2D eigenvalue weighted by molar-refractivity contribution is 5.83. The molecule has 1 N–H and O–H groups in total. The van der Waals surface area contributed by atoms with Crippen molar-refractivity contribution in [2.45, 2.75) is 6.92 Å². The fourth-order valence-corrected chi connectivity index (χ4v) is 1.78. The van der Waals surface area contributed by atoms with Gasteiger partial charge in [0.25, 0.3) is 0 Å². The minimum atomic E-state index is -0.485. The van der Waals surface area contributed by atoms with Crippen molar-refractivity contribution >= 4 is 5.97 Å². The maximum atomic E-state index is 11.1.